The minimum atomic E-state index is 0. The van der Waals surface area contributed by atoms with Gasteiger partial charge in [0.25, 0.3) is 5.91 Å². The number of aromatic amines is 1. The van der Waals surface area contributed by atoms with Gasteiger partial charge in [0.15, 0.2) is 0 Å². The van der Waals surface area contributed by atoms with Gasteiger partial charge in [-0.3, -0.25) is 9.89 Å². The second kappa shape index (κ2) is 6.02. The lowest BCUT2D eigenvalue weighted by Crippen LogP contribution is -2.40. The first-order valence-corrected chi connectivity index (χ1v) is 5.81. The molecule has 1 aliphatic rings. The number of hydrogen-bond donors (Lipinski definition) is 2. The number of H-pyrrole nitrogens is 1. The molecule has 0 radical (unpaired) electrons. The van der Waals surface area contributed by atoms with Crippen LogP contribution in [0.5, 0.6) is 0 Å². The van der Waals surface area contributed by atoms with Crippen LogP contribution in [0.3, 0.4) is 0 Å². The molecule has 1 saturated heterocycles. The third-order valence-electron chi connectivity index (χ3n) is 3.14. The van der Waals surface area contributed by atoms with Gasteiger partial charge in [-0.2, -0.15) is 5.10 Å². The van der Waals surface area contributed by atoms with Crippen molar-refractivity contribution in [2.75, 3.05) is 13.1 Å². The number of nitrogens with one attached hydrogen (secondary N) is 1. The van der Waals surface area contributed by atoms with Gasteiger partial charge in [-0.15, -0.1) is 12.4 Å². The predicted molar refractivity (Wildman–Crippen MR) is 68.3 cm³/mol. The van der Waals surface area contributed by atoms with Gasteiger partial charge in [-0.25, -0.2) is 0 Å². The molecule has 0 saturated carbocycles. The fraction of sp³-hybridized carbons (Fsp3) is 0.636. The summed E-state index contributed by atoms with van der Waals surface area (Å²) in [5.41, 5.74) is 7.15. The van der Waals surface area contributed by atoms with E-state index in [1.165, 1.54) is 0 Å². The van der Waals surface area contributed by atoms with Crippen molar-refractivity contribution >= 4 is 18.3 Å². The van der Waals surface area contributed by atoms with E-state index < -0.39 is 0 Å². The van der Waals surface area contributed by atoms with Gasteiger partial charge in [0.2, 0.25) is 0 Å². The molecule has 1 amide bonds. The molecule has 17 heavy (non-hydrogen) atoms. The summed E-state index contributed by atoms with van der Waals surface area (Å²) in [6, 6.07) is 2.02. The number of hydrogen-bond acceptors (Lipinski definition) is 3. The number of aromatic nitrogens is 2. The highest BCUT2D eigenvalue weighted by atomic mass is 35.5. The standard InChI is InChI=1S/C11H18N4O.ClH/c1-2-8-6-10(14-13-8)11(16)15-5-3-4-9(15)7-12;/h6,9H,2-5,7,12H2,1H3,(H,13,14);1H. The summed E-state index contributed by atoms with van der Waals surface area (Å²) in [6.07, 6.45) is 2.91. The second-order valence-corrected chi connectivity index (χ2v) is 4.16. The number of likely N-dealkylation sites (tertiary alicyclic amines) is 1. The molecular weight excluding hydrogens is 240 g/mol. The van der Waals surface area contributed by atoms with Crippen LogP contribution in [0.2, 0.25) is 0 Å². The van der Waals surface area contributed by atoms with Crippen LogP contribution in [0.4, 0.5) is 0 Å². The molecule has 0 aliphatic carbocycles. The zero-order chi connectivity index (χ0) is 11.5. The van der Waals surface area contributed by atoms with Crippen molar-refractivity contribution in [3.63, 3.8) is 0 Å². The van der Waals surface area contributed by atoms with Crippen molar-refractivity contribution in [3.8, 4) is 0 Å². The van der Waals surface area contributed by atoms with E-state index in [2.05, 4.69) is 10.2 Å². The molecule has 0 bridgehead atoms. The van der Waals surface area contributed by atoms with Gasteiger partial charge < -0.3 is 10.6 Å². The Bertz CT molecular complexity index is 379. The van der Waals surface area contributed by atoms with E-state index in [-0.39, 0.29) is 24.4 Å². The normalized spacial score (nSPS) is 19.2. The molecule has 1 fully saturated rings. The highest BCUT2D eigenvalue weighted by Crippen LogP contribution is 2.18. The van der Waals surface area contributed by atoms with Crippen LogP contribution in [-0.2, 0) is 6.42 Å². The van der Waals surface area contributed by atoms with Gasteiger partial charge in [0.05, 0.1) is 0 Å². The van der Waals surface area contributed by atoms with Crippen molar-refractivity contribution < 1.29 is 4.79 Å². The van der Waals surface area contributed by atoms with Crippen LogP contribution >= 0.6 is 12.4 Å². The number of nitrogens with two attached hydrogens (primary N) is 1. The van der Waals surface area contributed by atoms with Gasteiger partial charge in [-0.1, -0.05) is 6.92 Å². The molecule has 0 aromatic carbocycles. The molecule has 6 heteroatoms. The first-order valence-electron chi connectivity index (χ1n) is 5.81. The number of aryl methyl sites for hydroxylation is 1. The van der Waals surface area contributed by atoms with Crippen molar-refractivity contribution in [1.29, 1.82) is 0 Å². The lowest BCUT2D eigenvalue weighted by molar-refractivity contribution is 0.0735. The number of halogens is 1. The van der Waals surface area contributed by atoms with Crippen LogP contribution in [0, 0.1) is 0 Å². The Hall–Kier alpha value is -1.07. The topological polar surface area (TPSA) is 75.0 Å². The molecule has 96 valence electrons. The Morgan fingerprint density at radius 2 is 2.47 bits per heavy atom. The SMILES string of the molecule is CCc1cc(C(=O)N2CCCC2CN)n[nH]1.Cl. The van der Waals surface area contributed by atoms with Gasteiger partial charge in [-0.05, 0) is 25.3 Å². The van der Waals surface area contributed by atoms with Crippen LogP contribution in [0.1, 0.15) is 35.9 Å². The largest absolute Gasteiger partial charge is 0.333 e. The van der Waals surface area contributed by atoms with E-state index in [0.29, 0.717) is 12.2 Å². The highest BCUT2D eigenvalue weighted by molar-refractivity contribution is 5.92. The fourth-order valence-corrected chi connectivity index (χ4v) is 2.15. The maximum absolute atomic E-state index is 12.1. The van der Waals surface area contributed by atoms with E-state index in [0.717, 1.165) is 31.5 Å². The fourth-order valence-electron chi connectivity index (χ4n) is 2.15. The molecule has 5 nitrogen and oxygen atoms in total. The molecule has 1 aliphatic heterocycles. The van der Waals surface area contributed by atoms with Gasteiger partial charge in [0, 0.05) is 24.8 Å². The van der Waals surface area contributed by atoms with E-state index in [1.807, 2.05) is 17.9 Å². The van der Waals surface area contributed by atoms with E-state index in [1.54, 1.807) is 0 Å². The first-order chi connectivity index (χ1) is 7.76. The number of carbonyl (C=O) groups excluding carboxylic acids is 1. The first kappa shape index (κ1) is 14.0. The van der Waals surface area contributed by atoms with E-state index in [9.17, 15) is 4.79 Å². The van der Waals surface area contributed by atoms with Gasteiger partial charge in [0.1, 0.15) is 5.69 Å². The summed E-state index contributed by atoms with van der Waals surface area (Å²) in [4.78, 5) is 14.0. The summed E-state index contributed by atoms with van der Waals surface area (Å²) >= 11 is 0. The molecule has 1 atom stereocenters. The number of carbonyl (C=O) groups is 1. The molecule has 1 aromatic rings. The molecule has 2 heterocycles. The maximum Gasteiger partial charge on any atom is 0.274 e. The van der Waals surface area contributed by atoms with Gasteiger partial charge >= 0.3 is 0 Å². The third-order valence-corrected chi connectivity index (χ3v) is 3.14. The van der Waals surface area contributed by atoms with Crippen molar-refractivity contribution in [1.82, 2.24) is 15.1 Å². The van der Waals surface area contributed by atoms with Crippen LogP contribution in [0.25, 0.3) is 0 Å². The number of nitrogens with zero attached hydrogens (tertiary/aromatic N) is 2. The lowest BCUT2D eigenvalue weighted by Gasteiger charge is -2.22. The summed E-state index contributed by atoms with van der Waals surface area (Å²) in [7, 11) is 0. The smallest absolute Gasteiger partial charge is 0.274 e. The van der Waals surface area contributed by atoms with E-state index >= 15 is 0 Å². The minimum Gasteiger partial charge on any atom is -0.333 e. The summed E-state index contributed by atoms with van der Waals surface area (Å²) in [6.45, 7) is 3.37. The Morgan fingerprint density at radius 3 is 3.06 bits per heavy atom. The third kappa shape index (κ3) is 2.79. The Morgan fingerprint density at radius 1 is 1.71 bits per heavy atom. The molecule has 1 aromatic heterocycles. The Kier molecular flexibility index (Phi) is 4.96. The maximum atomic E-state index is 12.1. The second-order valence-electron chi connectivity index (χ2n) is 4.16. The predicted octanol–water partition coefficient (Wildman–Crippen LogP) is 0.957. The van der Waals surface area contributed by atoms with Crippen LogP contribution < -0.4 is 5.73 Å². The quantitative estimate of drug-likeness (QED) is 0.848. The summed E-state index contributed by atoms with van der Waals surface area (Å²) in [5, 5.41) is 6.91. The number of rotatable bonds is 3. The number of amides is 1. The summed E-state index contributed by atoms with van der Waals surface area (Å²) in [5.74, 6) is 0.00361. The highest BCUT2D eigenvalue weighted by Gasteiger charge is 2.29. The molecular formula is C11H19ClN4O. The van der Waals surface area contributed by atoms with Crippen molar-refractivity contribution in [2.45, 2.75) is 32.2 Å². The van der Waals surface area contributed by atoms with Crippen LogP contribution in [0.15, 0.2) is 6.07 Å². The molecule has 0 spiro atoms. The average Bonchev–Trinajstić information content (AvgIpc) is 2.96. The molecule has 3 N–H and O–H groups in total. The van der Waals surface area contributed by atoms with E-state index in [4.69, 9.17) is 5.73 Å². The average molecular weight is 259 g/mol. The Balaban J connectivity index is 0.00000144. The molecule has 2 rings (SSSR count). The monoisotopic (exact) mass is 258 g/mol. The molecule has 1 unspecified atom stereocenters. The zero-order valence-corrected chi connectivity index (χ0v) is 10.8. The lowest BCUT2D eigenvalue weighted by atomic mass is 10.2. The zero-order valence-electron chi connectivity index (χ0n) is 9.98. The minimum absolute atomic E-state index is 0. The Labute approximate surface area is 107 Å². The van der Waals surface area contributed by atoms with Crippen molar-refractivity contribution in [2.24, 2.45) is 5.73 Å². The summed E-state index contributed by atoms with van der Waals surface area (Å²) < 4.78 is 0. The van der Waals surface area contributed by atoms with Crippen molar-refractivity contribution in [3.05, 3.63) is 17.5 Å². The van der Waals surface area contributed by atoms with Crippen LogP contribution in [-0.4, -0.2) is 40.1 Å².